The van der Waals surface area contributed by atoms with Crippen LogP contribution in [0.5, 0.6) is 0 Å². The first-order chi connectivity index (χ1) is 22.2. The zero-order valence-electron chi connectivity index (χ0n) is 30.3. The molecule has 2 aliphatic rings. The van der Waals surface area contributed by atoms with E-state index in [0.717, 1.165) is 44.3 Å². The van der Waals surface area contributed by atoms with E-state index >= 15 is 0 Å². The minimum atomic E-state index is -0.759. The van der Waals surface area contributed by atoms with Crippen LogP contribution in [0.2, 0.25) is 0 Å². The Morgan fingerprint density at radius 3 is 1.96 bits per heavy atom. The Bertz CT molecular complexity index is 1110. The van der Waals surface area contributed by atoms with Gasteiger partial charge < -0.3 is 20.5 Å². The number of carbonyl (C=O) groups is 4. The maximum absolute atomic E-state index is 11.7. The Balaban J connectivity index is 0.000000614. The predicted molar refractivity (Wildman–Crippen MR) is 195 cm³/mol. The van der Waals surface area contributed by atoms with Crippen LogP contribution < -0.4 is 5.73 Å². The number of carboxylic acid groups (broad SMARTS) is 1. The van der Waals surface area contributed by atoms with Crippen LogP contribution in [0.3, 0.4) is 0 Å². The average Bonchev–Trinajstić information content (AvgIpc) is 3.58. The van der Waals surface area contributed by atoms with Crippen LogP contribution in [-0.2, 0) is 25.6 Å². The van der Waals surface area contributed by atoms with E-state index in [1.165, 1.54) is 67.9 Å². The fraction of sp³-hybridized carbons (Fsp3) is 0.658. The van der Waals surface area contributed by atoms with E-state index in [9.17, 15) is 14.4 Å². The number of aryl methyl sites for hydroxylation is 2. The van der Waals surface area contributed by atoms with Crippen LogP contribution in [0, 0.1) is 18.3 Å². The largest absolute Gasteiger partial charge is 0.481 e. The molecule has 2 fully saturated rings. The van der Waals surface area contributed by atoms with Crippen molar-refractivity contribution < 1.29 is 24.3 Å². The summed E-state index contributed by atoms with van der Waals surface area (Å²) < 4.78 is 0. The van der Waals surface area contributed by atoms with Gasteiger partial charge in [0.2, 0.25) is 11.8 Å². The van der Waals surface area contributed by atoms with Crippen LogP contribution in [0.1, 0.15) is 136 Å². The quantitative estimate of drug-likeness (QED) is 0.181. The zero-order chi connectivity index (χ0) is 35.7. The number of aliphatic carboxylic acids is 1. The molecule has 1 aromatic carbocycles. The molecule has 1 saturated heterocycles. The summed E-state index contributed by atoms with van der Waals surface area (Å²) in [4.78, 5) is 48.4. The summed E-state index contributed by atoms with van der Waals surface area (Å²) in [6, 6.07) is 8.84. The van der Waals surface area contributed by atoms with E-state index in [1.54, 1.807) is 11.3 Å². The molecule has 47 heavy (non-hydrogen) atoms. The number of amides is 2. The fourth-order valence-electron chi connectivity index (χ4n) is 4.60. The third-order valence-electron chi connectivity index (χ3n) is 7.52. The van der Waals surface area contributed by atoms with Gasteiger partial charge in [-0.25, -0.2) is 4.98 Å². The van der Waals surface area contributed by atoms with Crippen molar-refractivity contribution in [2.45, 2.75) is 138 Å². The number of carbonyl (C=O) groups excluding carboxylic acids is 3. The lowest BCUT2D eigenvalue weighted by Gasteiger charge is -2.22. The summed E-state index contributed by atoms with van der Waals surface area (Å²) in [6.07, 6.45) is 14.8. The van der Waals surface area contributed by atoms with E-state index in [0.29, 0.717) is 31.1 Å². The number of thiazole rings is 1. The van der Waals surface area contributed by atoms with Gasteiger partial charge in [-0.15, -0.1) is 11.3 Å². The van der Waals surface area contributed by atoms with E-state index in [-0.39, 0.29) is 17.7 Å². The highest BCUT2D eigenvalue weighted by atomic mass is 32.1. The fourth-order valence-corrected chi connectivity index (χ4v) is 5.41. The summed E-state index contributed by atoms with van der Waals surface area (Å²) in [5, 5.41) is 8.28. The first-order valence-electron chi connectivity index (χ1n) is 17.4. The molecule has 1 aliphatic heterocycles. The van der Waals surface area contributed by atoms with Gasteiger partial charge in [0, 0.05) is 32.4 Å². The van der Waals surface area contributed by atoms with Crippen molar-refractivity contribution in [1.82, 2.24) is 9.88 Å². The normalized spacial score (nSPS) is 14.7. The van der Waals surface area contributed by atoms with Gasteiger partial charge in [-0.3, -0.25) is 14.4 Å². The number of hydrogen-bond acceptors (Lipinski definition) is 6. The second-order valence-corrected chi connectivity index (χ2v) is 14.5. The molecule has 0 radical (unpaired) electrons. The van der Waals surface area contributed by atoms with Crippen molar-refractivity contribution in [3.8, 4) is 10.4 Å². The van der Waals surface area contributed by atoms with Crippen molar-refractivity contribution in [3.05, 3.63) is 41.0 Å². The molecule has 1 saturated carbocycles. The van der Waals surface area contributed by atoms with Crippen molar-refractivity contribution in [2.24, 2.45) is 17.1 Å². The number of unbranched alkanes of at least 4 members (excludes halogenated alkanes) is 3. The van der Waals surface area contributed by atoms with Crippen LogP contribution in [0.15, 0.2) is 29.8 Å². The zero-order valence-corrected chi connectivity index (χ0v) is 31.1. The molecule has 2 amide bonds. The van der Waals surface area contributed by atoms with Crippen molar-refractivity contribution in [3.63, 3.8) is 0 Å². The molecule has 8 nitrogen and oxygen atoms in total. The summed E-state index contributed by atoms with van der Waals surface area (Å²) in [7, 11) is 0. The van der Waals surface area contributed by atoms with Gasteiger partial charge in [-0.2, -0.15) is 0 Å². The number of hydrogen-bond donors (Lipinski definition) is 2. The van der Waals surface area contributed by atoms with Gasteiger partial charge in [-0.1, -0.05) is 104 Å². The molecule has 4 rings (SSSR count). The van der Waals surface area contributed by atoms with Crippen LogP contribution in [0.25, 0.3) is 10.4 Å². The Morgan fingerprint density at radius 2 is 1.57 bits per heavy atom. The Morgan fingerprint density at radius 1 is 1.02 bits per heavy atom. The SMILES string of the molecule is C1CCC1.CC1CCN(C(=O)CC(C)(C)C)C1.CC=O.CCCc1ccc(-c2scnc2C)cc1.NC(=O)CCCCCCC(=O)O. The highest BCUT2D eigenvalue weighted by Gasteiger charge is 2.26. The number of aldehydes is 1. The lowest BCUT2D eigenvalue weighted by atomic mass is 9.92. The topological polar surface area (TPSA) is 131 Å². The number of benzene rings is 1. The van der Waals surface area contributed by atoms with Gasteiger partial charge in [0.05, 0.1) is 16.1 Å². The van der Waals surface area contributed by atoms with Gasteiger partial charge in [-0.05, 0) is 62.0 Å². The third-order valence-corrected chi connectivity index (χ3v) is 8.50. The van der Waals surface area contributed by atoms with E-state index in [4.69, 9.17) is 15.6 Å². The van der Waals surface area contributed by atoms with Crippen molar-refractivity contribution >= 4 is 35.4 Å². The van der Waals surface area contributed by atoms with Crippen molar-refractivity contribution in [2.75, 3.05) is 13.1 Å². The Labute approximate surface area is 288 Å². The summed E-state index contributed by atoms with van der Waals surface area (Å²) in [6.45, 7) is 16.2. The molecule has 9 heteroatoms. The minimum Gasteiger partial charge on any atom is -0.481 e. The van der Waals surface area contributed by atoms with Crippen LogP contribution in [-0.4, -0.2) is 52.1 Å². The Hall–Kier alpha value is -3.07. The van der Waals surface area contributed by atoms with Gasteiger partial charge >= 0.3 is 5.97 Å². The molecule has 0 spiro atoms. The number of rotatable bonds is 11. The van der Waals surface area contributed by atoms with E-state index < -0.39 is 5.97 Å². The number of nitrogens with two attached hydrogens (primary N) is 1. The summed E-state index contributed by atoms with van der Waals surface area (Å²) >= 11 is 1.71. The smallest absolute Gasteiger partial charge is 0.303 e. The summed E-state index contributed by atoms with van der Waals surface area (Å²) in [5.74, 6) is -0.0149. The van der Waals surface area contributed by atoms with E-state index in [2.05, 4.69) is 70.8 Å². The van der Waals surface area contributed by atoms with Crippen LogP contribution >= 0.6 is 11.3 Å². The molecular weight excluding hydrogens is 611 g/mol. The summed E-state index contributed by atoms with van der Waals surface area (Å²) in [5.41, 5.74) is 10.8. The molecule has 266 valence electrons. The highest BCUT2D eigenvalue weighted by molar-refractivity contribution is 7.13. The second-order valence-electron chi connectivity index (χ2n) is 13.6. The molecule has 2 aromatic rings. The first-order valence-corrected chi connectivity index (χ1v) is 18.3. The number of likely N-dealkylation sites (tertiary alicyclic amines) is 1. The molecule has 1 atom stereocenters. The second kappa shape index (κ2) is 26.0. The van der Waals surface area contributed by atoms with Crippen molar-refractivity contribution in [1.29, 1.82) is 0 Å². The lowest BCUT2D eigenvalue weighted by Crippen LogP contribution is -2.31. The maximum Gasteiger partial charge on any atom is 0.303 e. The predicted octanol–water partition coefficient (Wildman–Crippen LogP) is 9.02. The molecule has 2 heterocycles. The standard InChI is InChI=1S/C13H15NS.C11H21NO.C8H15NO3.C4H8.C2H4O/c1-3-4-11-5-7-12(8-6-11)13-10(2)14-9-15-13;1-9-5-6-12(8-9)10(13)7-11(2,3)4;9-7(10)5-3-1-2-4-6-8(11)12;1-2-4-3-1;1-2-3/h5-9H,3-4H2,1-2H3;9H,5-8H2,1-4H3;1-6H2,(H2,9,10)(H,11,12);1-4H2;2H,1H3. The first kappa shape index (κ1) is 43.9. The third kappa shape index (κ3) is 23.8. The molecule has 1 unspecified atom stereocenters. The van der Waals surface area contributed by atoms with E-state index in [1.807, 2.05) is 10.4 Å². The molecule has 3 N–H and O–H groups in total. The number of carboxylic acids is 1. The van der Waals surface area contributed by atoms with Gasteiger partial charge in [0.15, 0.2) is 0 Å². The van der Waals surface area contributed by atoms with Crippen LogP contribution in [0.4, 0.5) is 0 Å². The Kier molecular flexibility index (Phi) is 24.3. The monoisotopic (exact) mass is 673 g/mol. The average molecular weight is 674 g/mol. The maximum atomic E-state index is 11.7. The number of nitrogens with zero attached hydrogens (tertiary/aromatic N) is 2. The molecule has 1 aromatic heterocycles. The van der Waals surface area contributed by atoms with Gasteiger partial charge in [0.25, 0.3) is 0 Å². The molecule has 1 aliphatic carbocycles. The van der Waals surface area contributed by atoms with Gasteiger partial charge in [0.1, 0.15) is 6.29 Å². The minimum absolute atomic E-state index is 0.128. The lowest BCUT2D eigenvalue weighted by molar-refractivity contribution is -0.137. The number of aromatic nitrogens is 1. The molecular formula is C38H63N3O5S. The number of primary amides is 1. The molecule has 0 bridgehead atoms. The highest BCUT2D eigenvalue weighted by Crippen LogP contribution is 2.27.